The summed E-state index contributed by atoms with van der Waals surface area (Å²) in [6.07, 6.45) is 2.22. The summed E-state index contributed by atoms with van der Waals surface area (Å²) in [7, 11) is 2.20. The van der Waals surface area contributed by atoms with Crippen molar-refractivity contribution < 1.29 is 4.57 Å². The summed E-state index contributed by atoms with van der Waals surface area (Å²) in [5, 5.41) is 9.42. The lowest BCUT2D eigenvalue weighted by Crippen LogP contribution is -2.29. The number of rotatable bonds is 0. The van der Waals surface area contributed by atoms with E-state index in [0.29, 0.717) is 0 Å². The number of nitrogens with zero attached hydrogens (tertiary/aromatic N) is 2. The van der Waals surface area contributed by atoms with E-state index in [-0.39, 0.29) is 5.41 Å². The molecule has 0 atom stereocenters. The lowest BCUT2D eigenvalue weighted by Gasteiger charge is -2.20. The first-order chi connectivity index (χ1) is 16.7. The maximum atomic E-state index is 2.59. The van der Waals surface area contributed by atoms with E-state index >= 15 is 0 Å². The minimum Gasteiger partial charge on any atom is -0.307 e. The fourth-order valence-electron chi connectivity index (χ4n) is 6.44. The van der Waals surface area contributed by atoms with E-state index in [2.05, 4.69) is 118 Å². The number of hydrogen-bond donors (Lipinski definition) is 0. The largest absolute Gasteiger partial charge is 0.307 e. The molecule has 0 aliphatic rings. The zero-order chi connectivity index (χ0) is 24.4. The van der Waals surface area contributed by atoms with Crippen LogP contribution in [0, 0.1) is 20.8 Å². The second kappa shape index (κ2) is 6.51. The molecule has 7 rings (SSSR count). The minimum atomic E-state index is 0.0912. The number of hydrogen-bond acceptors (Lipinski definition) is 0. The fraction of sp³-hybridized carbons (Fsp3) is 0.242. The van der Waals surface area contributed by atoms with E-state index < -0.39 is 0 Å². The van der Waals surface area contributed by atoms with Crippen LogP contribution in [0.5, 0.6) is 0 Å². The third-order valence-corrected chi connectivity index (χ3v) is 8.31. The predicted molar refractivity (Wildman–Crippen MR) is 150 cm³/mol. The Balaban J connectivity index is 1.92. The highest BCUT2D eigenvalue weighted by Gasteiger charge is 2.27. The number of aromatic nitrogens is 2. The molecule has 35 heavy (non-hydrogen) atoms. The first-order valence-electron chi connectivity index (χ1n) is 12.6. The van der Waals surface area contributed by atoms with Gasteiger partial charge in [-0.15, -0.1) is 0 Å². The Bertz CT molecular complexity index is 2010. The maximum absolute atomic E-state index is 2.59. The van der Waals surface area contributed by atoms with Gasteiger partial charge in [0.25, 0.3) is 0 Å². The van der Waals surface area contributed by atoms with Gasteiger partial charge in [-0.2, -0.15) is 0 Å². The molecule has 0 unspecified atom stereocenters. The summed E-state index contributed by atoms with van der Waals surface area (Å²) in [6.45, 7) is 13.7. The van der Waals surface area contributed by atoms with Crippen LogP contribution in [-0.4, -0.2) is 4.40 Å². The molecule has 0 N–H and O–H groups in total. The summed E-state index contributed by atoms with van der Waals surface area (Å²) >= 11 is 0. The Hall–Kier alpha value is -3.65. The van der Waals surface area contributed by atoms with Crippen LogP contribution in [0.4, 0.5) is 0 Å². The molecule has 3 heterocycles. The summed E-state index contributed by atoms with van der Waals surface area (Å²) in [5.41, 5.74) is 10.8. The highest BCUT2D eigenvalue weighted by atomic mass is 15.0. The lowest BCUT2D eigenvalue weighted by atomic mass is 9.86. The SMILES string of the molecule is Cc1ccc2c(C)c3c(c(C)c2c1)c1c2c(ccc4c5ccc(C(C)(C)C)cc5n3c42)cc[n+]1C. The number of pyridine rings is 2. The highest BCUT2D eigenvalue weighted by molar-refractivity contribution is 6.28. The van der Waals surface area contributed by atoms with Gasteiger partial charge in [-0.1, -0.05) is 68.8 Å². The maximum Gasteiger partial charge on any atom is 0.224 e. The molecule has 0 aliphatic carbocycles. The van der Waals surface area contributed by atoms with Crippen LogP contribution >= 0.6 is 0 Å². The standard InChI is InChI=1S/C33H31N2/c1-18-8-11-23-20(3)30-28(19(2)26(23)16-18)32-29-21(14-15-34(32)7)9-12-25-24-13-10-22(33(4,5)6)17-27(24)35(30)31(25)29/h8-17H,1-7H3/q+1. The molecule has 172 valence electrons. The zero-order valence-corrected chi connectivity index (χ0v) is 21.7. The molecule has 0 spiro atoms. The highest BCUT2D eigenvalue weighted by Crippen LogP contribution is 2.44. The molecule has 0 saturated carbocycles. The van der Waals surface area contributed by atoms with Gasteiger partial charge >= 0.3 is 0 Å². The molecule has 0 fully saturated rings. The van der Waals surface area contributed by atoms with Gasteiger partial charge in [-0.3, -0.25) is 0 Å². The van der Waals surface area contributed by atoms with Crippen molar-refractivity contribution >= 4 is 59.8 Å². The van der Waals surface area contributed by atoms with Crippen molar-refractivity contribution in [3.63, 3.8) is 0 Å². The van der Waals surface area contributed by atoms with Crippen LogP contribution in [0.15, 0.2) is 60.8 Å². The van der Waals surface area contributed by atoms with Crippen molar-refractivity contribution in [3.8, 4) is 0 Å². The normalized spacial score (nSPS) is 13.0. The predicted octanol–water partition coefficient (Wildman–Crippen LogP) is 8.19. The van der Waals surface area contributed by atoms with Gasteiger partial charge < -0.3 is 4.40 Å². The van der Waals surface area contributed by atoms with Gasteiger partial charge in [0.05, 0.1) is 27.3 Å². The molecule has 3 aromatic heterocycles. The molecule has 0 bridgehead atoms. The average Bonchev–Trinajstić information content (AvgIpc) is 3.16. The third-order valence-electron chi connectivity index (χ3n) is 8.31. The molecule has 4 aromatic carbocycles. The van der Waals surface area contributed by atoms with Gasteiger partial charge in [0.2, 0.25) is 5.52 Å². The van der Waals surface area contributed by atoms with E-state index in [1.54, 1.807) is 0 Å². The van der Waals surface area contributed by atoms with Crippen LogP contribution in [0.2, 0.25) is 0 Å². The van der Waals surface area contributed by atoms with Gasteiger partial charge in [-0.25, -0.2) is 4.57 Å². The van der Waals surface area contributed by atoms with Crippen LogP contribution in [0.3, 0.4) is 0 Å². The Labute approximate surface area is 205 Å². The van der Waals surface area contributed by atoms with Gasteiger partial charge in [0.15, 0.2) is 6.20 Å². The fourth-order valence-corrected chi connectivity index (χ4v) is 6.44. The first kappa shape index (κ1) is 20.7. The van der Waals surface area contributed by atoms with E-state index in [4.69, 9.17) is 0 Å². The topological polar surface area (TPSA) is 8.29 Å². The van der Waals surface area contributed by atoms with Crippen molar-refractivity contribution in [2.75, 3.05) is 0 Å². The van der Waals surface area contributed by atoms with Gasteiger partial charge in [0.1, 0.15) is 7.05 Å². The summed E-state index contributed by atoms with van der Waals surface area (Å²) in [4.78, 5) is 0. The second-order valence-electron chi connectivity index (χ2n) is 11.5. The van der Waals surface area contributed by atoms with Crippen LogP contribution in [0.25, 0.3) is 59.8 Å². The van der Waals surface area contributed by atoms with E-state index in [1.165, 1.54) is 82.0 Å². The quantitative estimate of drug-likeness (QED) is 0.124. The summed E-state index contributed by atoms with van der Waals surface area (Å²) < 4.78 is 4.92. The van der Waals surface area contributed by atoms with Crippen LogP contribution in [-0.2, 0) is 12.5 Å². The Kier molecular flexibility index (Phi) is 3.85. The molecule has 0 amide bonds. The smallest absolute Gasteiger partial charge is 0.224 e. The summed E-state index contributed by atoms with van der Waals surface area (Å²) in [5.74, 6) is 0. The van der Waals surface area contributed by atoms with Gasteiger partial charge in [-0.05, 0) is 65.1 Å². The Morgan fingerprint density at radius 3 is 2.20 bits per heavy atom. The van der Waals surface area contributed by atoms with Crippen molar-refractivity contribution in [1.82, 2.24) is 4.40 Å². The lowest BCUT2D eigenvalue weighted by molar-refractivity contribution is -0.643. The first-order valence-corrected chi connectivity index (χ1v) is 12.6. The molecule has 2 heteroatoms. The average molecular weight is 456 g/mol. The zero-order valence-electron chi connectivity index (χ0n) is 21.7. The number of benzene rings is 4. The Morgan fingerprint density at radius 1 is 0.686 bits per heavy atom. The van der Waals surface area contributed by atoms with Crippen molar-refractivity contribution in [1.29, 1.82) is 0 Å². The molecular formula is C33H31N2+. The van der Waals surface area contributed by atoms with E-state index in [1.807, 2.05) is 0 Å². The summed E-state index contributed by atoms with van der Waals surface area (Å²) in [6, 6.07) is 20.9. The van der Waals surface area contributed by atoms with E-state index in [0.717, 1.165) is 0 Å². The molecule has 2 nitrogen and oxygen atoms in total. The van der Waals surface area contributed by atoms with E-state index in [9.17, 15) is 0 Å². The van der Waals surface area contributed by atoms with Crippen LogP contribution < -0.4 is 4.57 Å². The number of fused-ring (bicyclic) bond motifs is 7. The van der Waals surface area contributed by atoms with Crippen molar-refractivity contribution in [2.24, 2.45) is 7.05 Å². The Morgan fingerprint density at radius 2 is 1.43 bits per heavy atom. The monoisotopic (exact) mass is 455 g/mol. The minimum absolute atomic E-state index is 0.0912. The van der Waals surface area contributed by atoms with Crippen LogP contribution in [0.1, 0.15) is 43.0 Å². The molecule has 0 aliphatic heterocycles. The molecule has 0 radical (unpaired) electrons. The molecular weight excluding hydrogens is 424 g/mol. The van der Waals surface area contributed by atoms with Crippen molar-refractivity contribution in [2.45, 2.75) is 47.0 Å². The molecule has 7 aromatic rings. The molecule has 0 saturated heterocycles. The van der Waals surface area contributed by atoms with Gasteiger partial charge in [0, 0.05) is 16.8 Å². The third kappa shape index (κ3) is 2.52. The second-order valence-corrected chi connectivity index (χ2v) is 11.5. The van der Waals surface area contributed by atoms with Crippen molar-refractivity contribution in [3.05, 3.63) is 83.0 Å². The number of aryl methyl sites for hydroxylation is 4.